The SMILES string of the molecule is CCc1cc2c(=O)n(/N=C\c3cc(OC)c(O)c([N+](=O)[O-])c3)cnc2s1. The number of nitro benzene ring substituents is 1. The largest absolute Gasteiger partial charge is 0.500 e. The van der Waals surface area contributed by atoms with Crippen molar-refractivity contribution in [1.29, 1.82) is 0 Å². The standard InChI is InChI=1S/C16H14N4O5S/c1-3-10-6-11-15(26-10)17-8-19(16(11)22)18-7-9-4-12(20(23)24)14(21)13(5-9)25-2/h4-8,21H,3H2,1-2H3/b18-7-. The number of phenols is 1. The van der Waals surface area contributed by atoms with E-state index in [4.69, 9.17) is 4.74 Å². The molecule has 10 heteroatoms. The van der Waals surface area contributed by atoms with Gasteiger partial charge in [0, 0.05) is 16.5 Å². The molecule has 0 saturated heterocycles. The van der Waals surface area contributed by atoms with Crippen LogP contribution in [0.25, 0.3) is 10.2 Å². The topological polar surface area (TPSA) is 120 Å². The van der Waals surface area contributed by atoms with Crippen LogP contribution in [0.1, 0.15) is 17.4 Å². The lowest BCUT2D eigenvalue weighted by atomic mass is 10.2. The highest BCUT2D eigenvalue weighted by molar-refractivity contribution is 7.18. The summed E-state index contributed by atoms with van der Waals surface area (Å²) < 4.78 is 5.98. The summed E-state index contributed by atoms with van der Waals surface area (Å²) in [6, 6.07) is 4.30. The van der Waals surface area contributed by atoms with E-state index in [0.717, 1.165) is 22.0 Å². The van der Waals surface area contributed by atoms with Gasteiger partial charge in [-0.2, -0.15) is 9.78 Å². The Morgan fingerprint density at radius 2 is 2.23 bits per heavy atom. The minimum absolute atomic E-state index is 0.0630. The van der Waals surface area contributed by atoms with Crippen molar-refractivity contribution in [3.05, 3.63) is 55.4 Å². The number of ether oxygens (including phenoxy) is 1. The van der Waals surface area contributed by atoms with Crippen molar-refractivity contribution in [1.82, 2.24) is 9.66 Å². The van der Waals surface area contributed by atoms with Gasteiger partial charge in [-0.05, 0) is 18.6 Å². The van der Waals surface area contributed by atoms with Crippen molar-refractivity contribution >= 4 is 33.5 Å². The van der Waals surface area contributed by atoms with Crippen LogP contribution in [0.3, 0.4) is 0 Å². The number of nitro groups is 1. The average molecular weight is 374 g/mol. The number of phenolic OH excluding ortho intramolecular Hbond substituents is 1. The van der Waals surface area contributed by atoms with Crippen molar-refractivity contribution in [3.8, 4) is 11.5 Å². The molecule has 3 aromatic rings. The summed E-state index contributed by atoms with van der Waals surface area (Å²) in [4.78, 5) is 28.7. The molecular weight excluding hydrogens is 360 g/mol. The normalized spacial score (nSPS) is 11.3. The second kappa shape index (κ2) is 6.92. The molecule has 0 amide bonds. The van der Waals surface area contributed by atoms with E-state index in [9.17, 15) is 20.0 Å². The Morgan fingerprint density at radius 1 is 1.46 bits per heavy atom. The van der Waals surface area contributed by atoms with Crippen LogP contribution in [0.4, 0.5) is 5.69 Å². The first-order valence-electron chi connectivity index (χ1n) is 7.54. The van der Waals surface area contributed by atoms with Gasteiger partial charge in [0.2, 0.25) is 5.75 Å². The molecule has 0 unspecified atom stereocenters. The van der Waals surface area contributed by atoms with Crippen molar-refractivity contribution in [2.45, 2.75) is 13.3 Å². The second-order valence-corrected chi connectivity index (χ2v) is 6.39. The fraction of sp³-hybridized carbons (Fsp3) is 0.188. The number of hydrogen-bond acceptors (Lipinski definition) is 8. The molecule has 0 radical (unpaired) electrons. The summed E-state index contributed by atoms with van der Waals surface area (Å²) >= 11 is 1.45. The van der Waals surface area contributed by atoms with Crippen LogP contribution >= 0.6 is 11.3 Å². The first-order valence-corrected chi connectivity index (χ1v) is 8.36. The van der Waals surface area contributed by atoms with Gasteiger partial charge >= 0.3 is 5.69 Å². The predicted octanol–water partition coefficient (Wildman–Crippen LogP) is 2.53. The minimum atomic E-state index is -0.730. The Bertz CT molecular complexity index is 1090. The number of aryl methyl sites for hydroxylation is 1. The first kappa shape index (κ1) is 17.5. The zero-order valence-electron chi connectivity index (χ0n) is 13.9. The molecule has 134 valence electrons. The molecule has 0 fully saturated rings. The van der Waals surface area contributed by atoms with Crippen LogP contribution in [-0.2, 0) is 6.42 Å². The van der Waals surface area contributed by atoms with Crippen LogP contribution in [-0.4, -0.2) is 33.0 Å². The van der Waals surface area contributed by atoms with Gasteiger partial charge in [0.15, 0.2) is 5.75 Å². The quantitative estimate of drug-likeness (QED) is 0.416. The third-order valence-electron chi connectivity index (χ3n) is 3.66. The summed E-state index contributed by atoms with van der Waals surface area (Å²) in [6.07, 6.45) is 3.36. The Balaban J connectivity index is 2.03. The van der Waals surface area contributed by atoms with Crippen molar-refractivity contribution in [2.75, 3.05) is 7.11 Å². The first-order chi connectivity index (χ1) is 12.4. The maximum Gasteiger partial charge on any atom is 0.315 e. The number of rotatable bonds is 5. The molecular formula is C16H14N4O5S. The molecule has 0 spiro atoms. The molecule has 0 aliphatic carbocycles. The van der Waals surface area contributed by atoms with Gasteiger partial charge in [-0.3, -0.25) is 14.9 Å². The third kappa shape index (κ3) is 3.14. The molecule has 0 saturated carbocycles. The molecule has 0 bridgehead atoms. The lowest BCUT2D eigenvalue weighted by Gasteiger charge is -2.05. The number of methoxy groups -OCH3 is 1. The zero-order valence-corrected chi connectivity index (χ0v) is 14.7. The number of benzene rings is 1. The number of thiophene rings is 1. The lowest BCUT2D eigenvalue weighted by molar-refractivity contribution is -0.386. The van der Waals surface area contributed by atoms with Crippen LogP contribution in [0, 0.1) is 10.1 Å². The Kier molecular flexibility index (Phi) is 4.67. The second-order valence-electron chi connectivity index (χ2n) is 5.27. The Hall–Kier alpha value is -3.27. The van der Waals surface area contributed by atoms with Gasteiger partial charge < -0.3 is 9.84 Å². The van der Waals surface area contributed by atoms with Crippen LogP contribution in [0.2, 0.25) is 0 Å². The zero-order chi connectivity index (χ0) is 18.8. The number of hydrogen-bond donors (Lipinski definition) is 1. The fourth-order valence-electron chi connectivity index (χ4n) is 2.33. The van der Waals surface area contributed by atoms with Crippen LogP contribution < -0.4 is 10.3 Å². The predicted molar refractivity (Wildman–Crippen MR) is 97.6 cm³/mol. The van der Waals surface area contributed by atoms with Crippen LogP contribution in [0.5, 0.6) is 11.5 Å². The van der Waals surface area contributed by atoms with Gasteiger partial charge in [-0.25, -0.2) is 4.98 Å². The summed E-state index contributed by atoms with van der Waals surface area (Å²) in [6.45, 7) is 1.99. The number of nitrogens with zero attached hydrogens (tertiary/aromatic N) is 4. The molecule has 26 heavy (non-hydrogen) atoms. The molecule has 9 nitrogen and oxygen atoms in total. The van der Waals surface area contributed by atoms with Gasteiger partial charge in [-0.15, -0.1) is 11.3 Å². The van der Waals surface area contributed by atoms with Crippen molar-refractivity contribution in [2.24, 2.45) is 5.10 Å². The molecule has 0 atom stereocenters. The lowest BCUT2D eigenvalue weighted by Crippen LogP contribution is -2.16. The van der Waals surface area contributed by atoms with Gasteiger partial charge in [0.05, 0.1) is 23.6 Å². The van der Waals surface area contributed by atoms with E-state index < -0.39 is 16.4 Å². The summed E-state index contributed by atoms with van der Waals surface area (Å²) in [5.74, 6) is -0.632. The highest BCUT2D eigenvalue weighted by Gasteiger charge is 2.19. The molecule has 3 rings (SSSR count). The summed E-state index contributed by atoms with van der Waals surface area (Å²) in [5.41, 5.74) is -0.558. The van der Waals surface area contributed by atoms with Crippen molar-refractivity contribution < 1.29 is 14.8 Å². The average Bonchev–Trinajstić information content (AvgIpc) is 3.06. The minimum Gasteiger partial charge on any atom is -0.500 e. The van der Waals surface area contributed by atoms with Crippen LogP contribution in [0.15, 0.2) is 34.4 Å². The Labute approximate surface area is 151 Å². The summed E-state index contributed by atoms with van der Waals surface area (Å²) in [7, 11) is 1.28. The Morgan fingerprint density at radius 3 is 2.88 bits per heavy atom. The van der Waals surface area contributed by atoms with Gasteiger partial charge in [-0.1, -0.05) is 6.92 Å². The molecule has 1 aromatic carbocycles. The maximum atomic E-state index is 12.5. The molecule has 2 aromatic heterocycles. The maximum absolute atomic E-state index is 12.5. The molecule has 2 heterocycles. The van der Waals surface area contributed by atoms with E-state index in [1.54, 1.807) is 6.07 Å². The van der Waals surface area contributed by atoms with E-state index in [0.29, 0.717) is 10.2 Å². The molecule has 0 aliphatic heterocycles. The smallest absolute Gasteiger partial charge is 0.315 e. The summed E-state index contributed by atoms with van der Waals surface area (Å²) in [5, 5.41) is 25.3. The van der Waals surface area contributed by atoms with Crippen molar-refractivity contribution in [3.63, 3.8) is 0 Å². The monoisotopic (exact) mass is 374 g/mol. The molecule has 1 N–H and O–H groups in total. The third-order valence-corrected chi connectivity index (χ3v) is 4.85. The fourth-order valence-corrected chi connectivity index (χ4v) is 3.26. The number of fused-ring (bicyclic) bond motifs is 1. The van der Waals surface area contributed by atoms with E-state index in [2.05, 4.69) is 10.1 Å². The number of aromatic hydroxyl groups is 1. The van der Waals surface area contributed by atoms with E-state index in [1.165, 1.54) is 37.1 Å². The van der Waals surface area contributed by atoms with Gasteiger partial charge in [0.25, 0.3) is 5.56 Å². The highest BCUT2D eigenvalue weighted by atomic mass is 32.1. The van der Waals surface area contributed by atoms with E-state index >= 15 is 0 Å². The highest BCUT2D eigenvalue weighted by Crippen LogP contribution is 2.36. The molecule has 0 aliphatic rings. The van der Waals surface area contributed by atoms with E-state index in [1.807, 2.05) is 6.92 Å². The number of aromatic nitrogens is 2. The van der Waals surface area contributed by atoms with E-state index in [-0.39, 0.29) is 16.9 Å². The van der Waals surface area contributed by atoms with Gasteiger partial charge in [0.1, 0.15) is 11.2 Å².